The molecule has 1 aromatic carbocycles. The van der Waals surface area contributed by atoms with Crippen molar-refractivity contribution in [3.05, 3.63) is 48.0 Å². The lowest BCUT2D eigenvalue weighted by molar-refractivity contribution is -0.119. The van der Waals surface area contributed by atoms with Gasteiger partial charge >= 0.3 is 6.09 Å². The number of nitrogens with one attached hydrogen (secondary N) is 2. The molecule has 2 saturated heterocycles. The highest BCUT2D eigenvalue weighted by Gasteiger charge is 2.33. The number of pyridine rings is 1. The van der Waals surface area contributed by atoms with Gasteiger partial charge in [-0.25, -0.2) is 9.18 Å². The molecular weight excluding hydrogens is 493 g/mol. The third kappa shape index (κ3) is 5.94. The average molecular weight is 526 g/mol. The summed E-state index contributed by atoms with van der Waals surface area (Å²) in [6.07, 6.45) is 2.92. The van der Waals surface area contributed by atoms with Crippen molar-refractivity contribution in [3.63, 3.8) is 0 Å². The fourth-order valence-corrected chi connectivity index (χ4v) is 5.12. The third-order valence-corrected chi connectivity index (χ3v) is 7.25. The molecule has 3 aliphatic rings. The number of amides is 2. The van der Waals surface area contributed by atoms with Crippen molar-refractivity contribution < 1.29 is 28.7 Å². The van der Waals surface area contributed by atoms with Gasteiger partial charge in [0, 0.05) is 37.1 Å². The second kappa shape index (κ2) is 11.4. The number of ether oxygens (including phenoxy) is 1. The Labute approximate surface area is 220 Å². The number of carbonyl (C=O) groups excluding carboxylic acids is 2. The number of aliphatic hydroxyl groups excluding tert-OH is 1. The van der Waals surface area contributed by atoms with E-state index in [1.165, 1.54) is 17.9 Å². The maximum Gasteiger partial charge on any atom is 0.414 e. The van der Waals surface area contributed by atoms with Crippen LogP contribution < -0.4 is 15.5 Å². The molecule has 5 rings (SSSR count). The number of aromatic nitrogens is 1. The van der Waals surface area contributed by atoms with E-state index in [9.17, 15) is 14.7 Å². The second-order valence-electron chi connectivity index (χ2n) is 10.0. The van der Waals surface area contributed by atoms with Crippen molar-refractivity contribution in [2.75, 3.05) is 31.1 Å². The Morgan fingerprint density at radius 2 is 2.08 bits per heavy atom. The van der Waals surface area contributed by atoms with Gasteiger partial charge in [-0.2, -0.15) is 0 Å². The minimum atomic E-state index is -0.584. The predicted octanol–water partition coefficient (Wildman–Crippen LogP) is 2.59. The summed E-state index contributed by atoms with van der Waals surface area (Å²) >= 11 is 0. The zero-order valence-corrected chi connectivity index (χ0v) is 21.2. The standard InChI is InChI=1S/C27H32FN5O5/c1-16(34)30-14-21-15-33(27(36)37-21)19-3-4-22(23(28)10-19)18-2-5-24(31-13-18)25-11-20(38-32-25)12-26(35)17-6-8-29-9-7-17/h2-5,10,13,17,20-21,26,29,35H,6-9,11-12,14-15H2,1H3,(H,30,34)/t20?,21-,26?/m0/s1. The predicted molar refractivity (Wildman–Crippen MR) is 138 cm³/mol. The molecule has 1 aromatic heterocycles. The van der Waals surface area contributed by atoms with Gasteiger partial charge in [0.2, 0.25) is 5.91 Å². The number of nitrogens with zero attached hydrogens (tertiary/aromatic N) is 3. The van der Waals surface area contributed by atoms with Crippen LogP contribution in [0.3, 0.4) is 0 Å². The van der Waals surface area contributed by atoms with E-state index in [2.05, 4.69) is 20.8 Å². The molecule has 3 N–H and O–H groups in total. The number of rotatable bonds is 8. The Morgan fingerprint density at radius 3 is 2.79 bits per heavy atom. The fourth-order valence-electron chi connectivity index (χ4n) is 5.12. The highest BCUT2D eigenvalue weighted by molar-refractivity contribution is 5.99. The first-order valence-electron chi connectivity index (χ1n) is 13.0. The zero-order chi connectivity index (χ0) is 26.6. The summed E-state index contributed by atoms with van der Waals surface area (Å²) in [7, 11) is 0. The normalized spacial score (nSPS) is 22.6. The van der Waals surface area contributed by atoms with Gasteiger partial charge in [-0.3, -0.25) is 14.7 Å². The molecule has 0 bridgehead atoms. The van der Waals surface area contributed by atoms with Gasteiger partial charge in [0.15, 0.2) is 0 Å². The smallest absolute Gasteiger partial charge is 0.414 e. The molecule has 2 fully saturated rings. The second-order valence-corrected chi connectivity index (χ2v) is 10.0. The summed E-state index contributed by atoms with van der Waals surface area (Å²) in [6.45, 7) is 3.66. The number of carbonyl (C=O) groups is 2. The van der Waals surface area contributed by atoms with E-state index in [1.807, 2.05) is 0 Å². The van der Waals surface area contributed by atoms with E-state index in [4.69, 9.17) is 9.57 Å². The number of hydrogen-bond acceptors (Lipinski definition) is 8. The van der Waals surface area contributed by atoms with Gasteiger partial charge in [0.1, 0.15) is 23.7 Å². The molecule has 10 nitrogen and oxygen atoms in total. The summed E-state index contributed by atoms with van der Waals surface area (Å²) in [5.74, 6) is -0.430. The Bertz CT molecular complexity index is 1200. The molecule has 4 heterocycles. The van der Waals surface area contributed by atoms with Gasteiger partial charge < -0.3 is 25.3 Å². The number of hydrogen-bond donors (Lipinski definition) is 3. The Balaban J connectivity index is 1.19. The zero-order valence-electron chi connectivity index (χ0n) is 21.2. The molecule has 0 spiro atoms. The quantitative estimate of drug-likeness (QED) is 0.484. The van der Waals surface area contributed by atoms with Crippen molar-refractivity contribution in [1.29, 1.82) is 0 Å². The summed E-state index contributed by atoms with van der Waals surface area (Å²) in [6, 6.07) is 8.10. The van der Waals surface area contributed by atoms with Gasteiger partial charge in [-0.15, -0.1) is 0 Å². The largest absolute Gasteiger partial charge is 0.442 e. The topological polar surface area (TPSA) is 125 Å². The van der Waals surface area contributed by atoms with E-state index in [0.29, 0.717) is 41.1 Å². The molecule has 2 amide bonds. The molecule has 11 heteroatoms. The van der Waals surface area contributed by atoms with Crippen molar-refractivity contribution in [1.82, 2.24) is 15.6 Å². The maximum absolute atomic E-state index is 15.1. The molecule has 0 saturated carbocycles. The van der Waals surface area contributed by atoms with Crippen LogP contribution in [0.1, 0.15) is 38.3 Å². The molecular formula is C27H32FN5O5. The Hall–Kier alpha value is -3.57. The van der Waals surface area contributed by atoms with E-state index in [0.717, 1.165) is 25.9 Å². The fraction of sp³-hybridized carbons (Fsp3) is 0.481. The molecule has 0 aliphatic carbocycles. The number of piperidine rings is 1. The van der Waals surface area contributed by atoms with Crippen LogP contribution in [0.4, 0.5) is 14.9 Å². The number of oxime groups is 1. The number of cyclic esters (lactones) is 1. The molecule has 202 valence electrons. The van der Waals surface area contributed by atoms with E-state index < -0.39 is 24.1 Å². The van der Waals surface area contributed by atoms with Crippen LogP contribution in [0.15, 0.2) is 41.7 Å². The van der Waals surface area contributed by atoms with Crippen LogP contribution in [0, 0.1) is 11.7 Å². The van der Waals surface area contributed by atoms with Crippen molar-refractivity contribution in [3.8, 4) is 11.1 Å². The number of anilines is 1. The van der Waals surface area contributed by atoms with Crippen molar-refractivity contribution in [2.45, 2.75) is 50.9 Å². The van der Waals surface area contributed by atoms with Crippen LogP contribution in [-0.2, 0) is 14.4 Å². The number of benzene rings is 1. The van der Waals surface area contributed by atoms with Gasteiger partial charge in [0.05, 0.1) is 30.6 Å². The SMILES string of the molecule is CC(=O)NC[C@H]1CN(c2ccc(-c3ccc(C4=NOC(CC(O)C5CCNCC5)C4)nc3)c(F)c2)C(=O)O1. The number of aliphatic hydroxyl groups is 1. The monoisotopic (exact) mass is 525 g/mol. The minimum absolute atomic E-state index is 0.184. The third-order valence-electron chi connectivity index (χ3n) is 7.25. The lowest BCUT2D eigenvalue weighted by Gasteiger charge is -2.28. The summed E-state index contributed by atoms with van der Waals surface area (Å²) in [4.78, 5) is 34.7. The molecule has 2 aromatic rings. The minimum Gasteiger partial charge on any atom is -0.442 e. The lowest BCUT2D eigenvalue weighted by atomic mass is 9.88. The first-order chi connectivity index (χ1) is 18.4. The van der Waals surface area contributed by atoms with Crippen molar-refractivity contribution in [2.24, 2.45) is 11.1 Å². The summed E-state index contributed by atoms with van der Waals surface area (Å²) in [5, 5.41) is 20.7. The highest BCUT2D eigenvalue weighted by Crippen LogP contribution is 2.30. The first-order valence-corrected chi connectivity index (χ1v) is 13.0. The number of halogens is 1. The Kier molecular flexibility index (Phi) is 7.85. The van der Waals surface area contributed by atoms with Gasteiger partial charge in [-0.05, 0) is 56.1 Å². The molecule has 2 unspecified atom stereocenters. The first kappa shape index (κ1) is 26.1. The van der Waals surface area contributed by atoms with E-state index >= 15 is 4.39 Å². The average Bonchev–Trinajstić information content (AvgIpc) is 3.54. The molecule has 3 aliphatic heterocycles. The van der Waals surface area contributed by atoms with E-state index in [1.54, 1.807) is 30.5 Å². The van der Waals surface area contributed by atoms with Crippen LogP contribution >= 0.6 is 0 Å². The molecule has 3 atom stereocenters. The molecule has 0 radical (unpaired) electrons. The van der Waals surface area contributed by atoms with Crippen LogP contribution in [-0.4, -0.2) is 72.3 Å². The maximum atomic E-state index is 15.1. The summed E-state index contributed by atoms with van der Waals surface area (Å²) in [5.41, 5.74) is 2.66. The van der Waals surface area contributed by atoms with Crippen LogP contribution in [0.5, 0.6) is 0 Å². The highest BCUT2D eigenvalue weighted by atomic mass is 19.1. The molecule has 38 heavy (non-hydrogen) atoms. The lowest BCUT2D eigenvalue weighted by Crippen LogP contribution is -2.35. The van der Waals surface area contributed by atoms with Gasteiger partial charge in [0.25, 0.3) is 0 Å². The van der Waals surface area contributed by atoms with Crippen LogP contribution in [0.25, 0.3) is 11.1 Å². The van der Waals surface area contributed by atoms with Crippen molar-refractivity contribution >= 4 is 23.4 Å². The van der Waals surface area contributed by atoms with Gasteiger partial charge in [-0.1, -0.05) is 11.2 Å². The van der Waals surface area contributed by atoms with E-state index in [-0.39, 0.29) is 31.0 Å². The summed E-state index contributed by atoms with van der Waals surface area (Å²) < 4.78 is 20.3. The van der Waals surface area contributed by atoms with Crippen LogP contribution in [0.2, 0.25) is 0 Å². The Morgan fingerprint density at radius 1 is 1.26 bits per heavy atom.